The van der Waals surface area contributed by atoms with E-state index >= 15 is 0 Å². The van der Waals surface area contributed by atoms with E-state index in [1.165, 1.54) is 20.6 Å². The molecule has 1 heterocycles. The van der Waals surface area contributed by atoms with Gasteiger partial charge >= 0.3 is 0 Å². The third-order valence-electron chi connectivity index (χ3n) is 1.99. The van der Waals surface area contributed by atoms with E-state index in [9.17, 15) is 0 Å². The normalized spacial score (nSPS) is 10.8. The summed E-state index contributed by atoms with van der Waals surface area (Å²) in [7, 11) is 1.99. The maximum absolute atomic E-state index is 3.53. The maximum Gasteiger partial charge on any atom is 0.0730 e. The minimum Gasteiger partial charge on any atom is -0.320 e. The van der Waals surface area contributed by atoms with Crippen LogP contribution in [0, 0.1) is 6.92 Å². The van der Waals surface area contributed by atoms with E-state index in [0.717, 1.165) is 19.6 Å². The van der Waals surface area contributed by atoms with E-state index < -0.39 is 0 Å². The molecule has 4 heteroatoms. The molecule has 0 spiro atoms. The molecule has 0 aliphatic rings. The van der Waals surface area contributed by atoms with Gasteiger partial charge in [-0.05, 0) is 61.0 Å². The molecule has 0 fully saturated rings. The Morgan fingerprint density at radius 2 is 2.21 bits per heavy atom. The van der Waals surface area contributed by atoms with Gasteiger partial charge in [-0.15, -0.1) is 11.3 Å². The summed E-state index contributed by atoms with van der Waals surface area (Å²) >= 11 is 5.35. The number of hydrogen-bond acceptors (Lipinski definition) is 3. The summed E-state index contributed by atoms with van der Waals surface area (Å²) in [4.78, 5) is 1.40. The van der Waals surface area contributed by atoms with Crippen LogP contribution in [0.3, 0.4) is 0 Å². The molecule has 0 radical (unpaired) electrons. The van der Waals surface area contributed by atoms with Gasteiger partial charge in [0, 0.05) is 11.4 Å². The van der Waals surface area contributed by atoms with Crippen molar-refractivity contribution in [2.75, 3.05) is 20.1 Å². The Morgan fingerprint density at radius 1 is 1.43 bits per heavy atom. The zero-order chi connectivity index (χ0) is 10.4. The van der Waals surface area contributed by atoms with Gasteiger partial charge in [-0.25, -0.2) is 0 Å². The summed E-state index contributed by atoms with van der Waals surface area (Å²) in [6.45, 7) is 5.28. The fourth-order valence-electron chi connectivity index (χ4n) is 1.21. The van der Waals surface area contributed by atoms with Gasteiger partial charge in [0.1, 0.15) is 0 Å². The van der Waals surface area contributed by atoms with Crippen LogP contribution in [0.25, 0.3) is 0 Å². The average Bonchev–Trinajstić information content (AvgIpc) is 2.46. The van der Waals surface area contributed by atoms with Gasteiger partial charge in [0.15, 0.2) is 0 Å². The van der Waals surface area contributed by atoms with Gasteiger partial charge in [0.2, 0.25) is 0 Å². The summed E-state index contributed by atoms with van der Waals surface area (Å²) in [6, 6.07) is 2.24. The number of nitrogens with one attached hydrogen (secondary N) is 2. The van der Waals surface area contributed by atoms with Crippen molar-refractivity contribution in [2.45, 2.75) is 19.9 Å². The van der Waals surface area contributed by atoms with Crippen molar-refractivity contribution in [3.63, 3.8) is 0 Å². The van der Waals surface area contributed by atoms with E-state index in [-0.39, 0.29) is 0 Å². The first kappa shape index (κ1) is 12.2. The highest BCUT2D eigenvalue weighted by Crippen LogP contribution is 2.26. The molecule has 2 N–H and O–H groups in total. The lowest BCUT2D eigenvalue weighted by Crippen LogP contribution is -2.18. The third-order valence-corrected chi connectivity index (χ3v) is 4.12. The molecule has 80 valence electrons. The van der Waals surface area contributed by atoms with Crippen LogP contribution in [-0.2, 0) is 6.54 Å². The van der Waals surface area contributed by atoms with Crippen molar-refractivity contribution in [2.24, 2.45) is 0 Å². The minimum atomic E-state index is 0.987. The lowest BCUT2D eigenvalue weighted by molar-refractivity contribution is 0.629. The predicted molar refractivity (Wildman–Crippen MR) is 67.0 cm³/mol. The van der Waals surface area contributed by atoms with Crippen LogP contribution in [0.1, 0.15) is 16.9 Å². The zero-order valence-corrected chi connectivity index (χ0v) is 11.1. The van der Waals surface area contributed by atoms with Gasteiger partial charge in [0.25, 0.3) is 0 Å². The fourth-order valence-corrected chi connectivity index (χ4v) is 2.81. The number of thiophene rings is 1. The van der Waals surface area contributed by atoms with Crippen LogP contribution in [0.2, 0.25) is 0 Å². The van der Waals surface area contributed by atoms with Crippen LogP contribution >= 0.6 is 27.3 Å². The fraction of sp³-hybridized carbons (Fsp3) is 0.600. The summed E-state index contributed by atoms with van der Waals surface area (Å²) in [6.07, 6.45) is 1.18. The first-order valence-electron chi connectivity index (χ1n) is 4.84. The molecular formula is C10H17BrN2S. The smallest absolute Gasteiger partial charge is 0.0730 e. The maximum atomic E-state index is 3.53. The van der Waals surface area contributed by atoms with Crippen molar-refractivity contribution in [3.05, 3.63) is 20.3 Å². The first-order valence-corrected chi connectivity index (χ1v) is 6.45. The Bertz CT molecular complexity index is 254. The van der Waals surface area contributed by atoms with Gasteiger partial charge < -0.3 is 10.6 Å². The number of aryl methyl sites for hydroxylation is 1. The quantitative estimate of drug-likeness (QED) is 0.781. The Kier molecular flexibility index (Phi) is 5.70. The first-order chi connectivity index (χ1) is 6.74. The second kappa shape index (κ2) is 6.56. The Balaban J connectivity index is 2.18. The van der Waals surface area contributed by atoms with Crippen LogP contribution in [0.5, 0.6) is 0 Å². The van der Waals surface area contributed by atoms with Crippen LogP contribution in [0.15, 0.2) is 9.85 Å². The third kappa shape index (κ3) is 4.09. The molecule has 0 amide bonds. The summed E-state index contributed by atoms with van der Waals surface area (Å²) in [5, 5.41) is 6.56. The van der Waals surface area contributed by atoms with Crippen molar-refractivity contribution < 1.29 is 0 Å². The largest absolute Gasteiger partial charge is 0.320 e. The van der Waals surface area contributed by atoms with Crippen molar-refractivity contribution in [1.29, 1.82) is 0 Å². The molecule has 0 aliphatic heterocycles. The standard InChI is InChI=1S/C10H17BrN2S/c1-8-6-9(14-10(8)11)7-13-5-3-4-12-2/h6,12-13H,3-5,7H2,1-2H3. The second-order valence-corrected chi connectivity index (χ2v) is 5.76. The molecule has 0 aliphatic carbocycles. The average molecular weight is 277 g/mol. The summed E-state index contributed by atoms with van der Waals surface area (Å²) in [5.74, 6) is 0. The van der Waals surface area contributed by atoms with Gasteiger partial charge in [-0.2, -0.15) is 0 Å². The van der Waals surface area contributed by atoms with Gasteiger partial charge in [-0.3, -0.25) is 0 Å². The molecule has 0 atom stereocenters. The summed E-state index contributed by atoms with van der Waals surface area (Å²) < 4.78 is 1.25. The predicted octanol–water partition coefficient (Wildman–Crippen LogP) is 2.52. The molecule has 1 aromatic rings. The molecule has 0 unspecified atom stereocenters. The number of rotatable bonds is 6. The molecule has 2 nitrogen and oxygen atoms in total. The van der Waals surface area contributed by atoms with E-state index in [4.69, 9.17) is 0 Å². The highest BCUT2D eigenvalue weighted by Gasteiger charge is 2.01. The van der Waals surface area contributed by atoms with E-state index in [2.05, 4.69) is 39.6 Å². The van der Waals surface area contributed by atoms with Crippen molar-refractivity contribution >= 4 is 27.3 Å². The van der Waals surface area contributed by atoms with E-state index in [1.54, 1.807) is 0 Å². The lowest BCUT2D eigenvalue weighted by atomic mass is 10.3. The number of hydrogen-bond donors (Lipinski definition) is 2. The Labute approximate surface area is 98.2 Å². The van der Waals surface area contributed by atoms with Crippen molar-refractivity contribution in [3.8, 4) is 0 Å². The highest BCUT2D eigenvalue weighted by molar-refractivity contribution is 9.11. The molecule has 1 rings (SSSR count). The lowest BCUT2D eigenvalue weighted by Gasteiger charge is -2.01. The van der Waals surface area contributed by atoms with E-state index in [0.29, 0.717) is 0 Å². The van der Waals surface area contributed by atoms with Crippen LogP contribution in [0.4, 0.5) is 0 Å². The Hall–Kier alpha value is 0.1000. The molecule has 0 saturated heterocycles. The van der Waals surface area contributed by atoms with Gasteiger partial charge in [0.05, 0.1) is 3.79 Å². The molecule has 0 aromatic carbocycles. The second-order valence-electron chi connectivity index (χ2n) is 3.30. The number of halogens is 1. The highest BCUT2D eigenvalue weighted by atomic mass is 79.9. The summed E-state index contributed by atoms with van der Waals surface area (Å²) in [5.41, 5.74) is 1.34. The van der Waals surface area contributed by atoms with Gasteiger partial charge in [-0.1, -0.05) is 0 Å². The molecule has 14 heavy (non-hydrogen) atoms. The Morgan fingerprint density at radius 3 is 2.79 bits per heavy atom. The minimum absolute atomic E-state index is 0.987. The SMILES string of the molecule is CNCCCNCc1cc(C)c(Br)s1. The zero-order valence-electron chi connectivity index (χ0n) is 8.69. The van der Waals surface area contributed by atoms with E-state index in [1.807, 2.05) is 18.4 Å². The molecule has 0 saturated carbocycles. The molecule has 0 bridgehead atoms. The van der Waals surface area contributed by atoms with Crippen LogP contribution < -0.4 is 10.6 Å². The molecule has 1 aromatic heterocycles. The molecular weight excluding hydrogens is 260 g/mol. The monoisotopic (exact) mass is 276 g/mol. The van der Waals surface area contributed by atoms with Crippen molar-refractivity contribution in [1.82, 2.24) is 10.6 Å². The topological polar surface area (TPSA) is 24.1 Å². The van der Waals surface area contributed by atoms with Crippen LogP contribution in [-0.4, -0.2) is 20.1 Å².